The highest BCUT2D eigenvalue weighted by molar-refractivity contribution is 5.35. The molecule has 21 heavy (non-hydrogen) atoms. The van der Waals surface area contributed by atoms with E-state index in [0.717, 1.165) is 12.0 Å². The first-order valence-electron chi connectivity index (χ1n) is 6.91. The molecule has 3 nitrogen and oxygen atoms in total. The number of benzene rings is 2. The summed E-state index contributed by atoms with van der Waals surface area (Å²) in [5, 5.41) is 0. The molecule has 0 aromatic heterocycles. The zero-order valence-corrected chi connectivity index (χ0v) is 12.6. The second-order valence-corrected chi connectivity index (χ2v) is 5.24. The van der Waals surface area contributed by atoms with Crippen LogP contribution in [0.1, 0.15) is 28.3 Å². The zero-order valence-electron chi connectivity index (χ0n) is 12.6. The number of methoxy groups -OCH3 is 1. The molecule has 4 heteroatoms. The van der Waals surface area contributed by atoms with Gasteiger partial charge in [-0.05, 0) is 54.7 Å². The lowest BCUT2D eigenvalue weighted by Crippen LogP contribution is -2.29. The molecule has 0 spiro atoms. The van der Waals surface area contributed by atoms with Gasteiger partial charge in [-0.15, -0.1) is 0 Å². The molecule has 0 aliphatic carbocycles. The van der Waals surface area contributed by atoms with Crippen LogP contribution in [-0.2, 0) is 6.42 Å². The third kappa shape index (κ3) is 3.60. The van der Waals surface area contributed by atoms with Gasteiger partial charge in [-0.2, -0.15) is 0 Å². The van der Waals surface area contributed by atoms with Crippen molar-refractivity contribution in [3.8, 4) is 5.75 Å². The van der Waals surface area contributed by atoms with E-state index in [0.29, 0.717) is 0 Å². The van der Waals surface area contributed by atoms with Crippen molar-refractivity contribution in [1.82, 2.24) is 5.43 Å². The summed E-state index contributed by atoms with van der Waals surface area (Å²) in [6.07, 6.45) is 0.729. The van der Waals surface area contributed by atoms with Gasteiger partial charge < -0.3 is 4.74 Å². The van der Waals surface area contributed by atoms with Crippen LogP contribution in [0.4, 0.5) is 4.39 Å². The highest BCUT2D eigenvalue weighted by Gasteiger charge is 2.14. The van der Waals surface area contributed by atoms with E-state index in [1.165, 1.54) is 29.9 Å². The van der Waals surface area contributed by atoms with E-state index in [-0.39, 0.29) is 17.6 Å². The molecule has 2 aromatic carbocycles. The number of nitrogens with one attached hydrogen (secondary N) is 1. The molecule has 3 N–H and O–H groups in total. The third-order valence-corrected chi connectivity index (χ3v) is 3.79. The summed E-state index contributed by atoms with van der Waals surface area (Å²) < 4.78 is 18.5. The quantitative estimate of drug-likeness (QED) is 0.656. The Morgan fingerprint density at radius 1 is 1.14 bits per heavy atom. The van der Waals surface area contributed by atoms with Crippen LogP contribution in [0.25, 0.3) is 0 Å². The second-order valence-electron chi connectivity index (χ2n) is 5.24. The first-order chi connectivity index (χ1) is 10.0. The summed E-state index contributed by atoms with van der Waals surface area (Å²) in [7, 11) is 1.45. The van der Waals surface area contributed by atoms with E-state index in [1.807, 2.05) is 0 Å². The fraction of sp³-hybridized carbons (Fsp3) is 0.294. The smallest absolute Gasteiger partial charge is 0.165 e. The molecular formula is C17H21FN2O. The number of nitrogens with two attached hydrogens (primary N) is 1. The number of rotatable bonds is 5. The number of hydrazine groups is 1. The van der Waals surface area contributed by atoms with Gasteiger partial charge >= 0.3 is 0 Å². The molecule has 2 rings (SSSR count). The van der Waals surface area contributed by atoms with Crippen LogP contribution < -0.4 is 16.0 Å². The Bertz CT molecular complexity index is 628. The van der Waals surface area contributed by atoms with Crippen molar-refractivity contribution in [1.29, 1.82) is 0 Å². The van der Waals surface area contributed by atoms with Crippen molar-refractivity contribution in [2.75, 3.05) is 7.11 Å². The minimum atomic E-state index is -0.372. The molecule has 0 radical (unpaired) electrons. The van der Waals surface area contributed by atoms with Gasteiger partial charge in [0.15, 0.2) is 11.6 Å². The van der Waals surface area contributed by atoms with Crippen LogP contribution in [0.5, 0.6) is 5.75 Å². The van der Waals surface area contributed by atoms with Crippen LogP contribution in [-0.4, -0.2) is 7.11 Å². The molecule has 0 heterocycles. The van der Waals surface area contributed by atoms with E-state index >= 15 is 0 Å². The average Bonchev–Trinajstić information content (AvgIpc) is 2.49. The fourth-order valence-corrected chi connectivity index (χ4v) is 2.33. The van der Waals surface area contributed by atoms with Crippen molar-refractivity contribution >= 4 is 0 Å². The summed E-state index contributed by atoms with van der Waals surface area (Å²) in [5.41, 5.74) is 7.39. The maximum Gasteiger partial charge on any atom is 0.165 e. The number of hydrogen-bond acceptors (Lipinski definition) is 3. The largest absolute Gasteiger partial charge is 0.494 e. The van der Waals surface area contributed by atoms with E-state index in [4.69, 9.17) is 10.6 Å². The van der Waals surface area contributed by atoms with Crippen LogP contribution in [0, 0.1) is 19.7 Å². The molecule has 1 atom stereocenters. The summed E-state index contributed by atoms with van der Waals surface area (Å²) in [6.45, 7) is 4.17. The number of aryl methyl sites for hydroxylation is 2. The third-order valence-electron chi connectivity index (χ3n) is 3.79. The second kappa shape index (κ2) is 6.70. The van der Waals surface area contributed by atoms with Gasteiger partial charge in [-0.1, -0.05) is 24.3 Å². The molecule has 0 bridgehead atoms. The molecule has 2 aromatic rings. The van der Waals surface area contributed by atoms with Crippen molar-refractivity contribution < 1.29 is 9.13 Å². The van der Waals surface area contributed by atoms with Crippen LogP contribution in [0.15, 0.2) is 36.4 Å². The van der Waals surface area contributed by atoms with Gasteiger partial charge in [0.1, 0.15) is 0 Å². The zero-order chi connectivity index (χ0) is 15.4. The molecule has 112 valence electrons. The van der Waals surface area contributed by atoms with Crippen molar-refractivity contribution in [3.63, 3.8) is 0 Å². The summed E-state index contributed by atoms with van der Waals surface area (Å²) >= 11 is 0. The maximum atomic E-state index is 13.5. The highest BCUT2D eigenvalue weighted by Crippen LogP contribution is 2.25. The highest BCUT2D eigenvalue weighted by atomic mass is 19.1. The van der Waals surface area contributed by atoms with Gasteiger partial charge in [0.05, 0.1) is 13.2 Å². The molecule has 0 amide bonds. The Morgan fingerprint density at radius 3 is 2.52 bits per heavy atom. The Balaban J connectivity index is 2.25. The maximum absolute atomic E-state index is 13.5. The normalized spacial score (nSPS) is 12.2. The monoisotopic (exact) mass is 288 g/mol. The lowest BCUT2D eigenvalue weighted by Gasteiger charge is -2.18. The number of hydrogen-bond donors (Lipinski definition) is 2. The summed E-state index contributed by atoms with van der Waals surface area (Å²) in [5.74, 6) is 5.52. The Hall–Kier alpha value is -1.91. The lowest BCUT2D eigenvalue weighted by atomic mass is 9.97. The van der Waals surface area contributed by atoms with Gasteiger partial charge in [-0.25, -0.2) is 4.39 Å². The lowest BCUT2D eigenvalue weighted by molar-refractivity contribution is 0.384. The molecule has 0 aliphatic heterocycles. The molecule has 0 saturated carbocycles. The SMILES string of the molecule is COc1cc(C(Cc2ccc(C)c(C)c2)NN)ccc1F. The van der Waals surface area contributed by atoms with Crippen molar-refractivity contribution in [2.24, 2.45) is 5.84 Å². The first-order valence-corrected chi connectivity index (χ1v) is 6.91. The van der Waals surface area contributed by atoms with Crippen LogP contribution in [0.3, 0.4) is 0 Å². The number of ether oxygens (including phenoxy) is 1. The van der Waals surface area contributed by atoms with E-state index in [9.17, 15) is 4.39 Å². The number of halogens is 1. The minimum Gasteiger partial charge on any atom is -0.494 e. The van der Waals surface area contributed by atoms with Gasteiger partial charge in [0, 0.05) is 0 Å². The standard InChI is InChI=1S/C17H21FN2O/c1-11-4-5-13(8-12(11)2)9-16(20-19)14-6-7-15(18)17(10-14)21-3/h4-8,10,16,20H,9,19H2,1-3H3. The minimum absolute atomic E-state index is 0.0957. The Kier molecular flexibility index (Phi) is 4.94. The summed E-state index contributed by atoms with van der Waals surface area (Å²) in [6, 6.07) is 11.1. The van der Waals surface area contributed by atoms with E-state index < -0.39 is 0 Å². The molecular weight excluding hydrogens is 267 g/mol. The van der Waals surface area contributed by atoms with Crippen molar-refractivity contribution in [2.45, 2.75) is 26.3 Å². The average molecular weight is 288 g/mol. The Labute approximate surface area is 124 Å². The summed E-state index contributed by atoms with van der Waals surface area (Å²) in [4.78, 5) is 0. The Morgan fingerprint density at radius 2 is 1.90 bits per heavy atom. The van der Waals surface area contributed by atoms with Gasteiger partial charge in [0.2, 0.25) is 0 Å². The van der Waals surface area contributed by atoms with E-state index in [1.54, 1.807) is 12.1 Å². The molecule has 0 fully saturated rings. The van der Waals surface area contributed by atoms with Gasteiger partial charge in [-0.3, -0.25) is 11.3 Å². The van der Waals surface area contributed by atoms with Crippen LogP contribution in [0.2, 0.25) is 0 Å². The molecule has 1 unspecified atom stereocenters. The van der Waals surface area contributed by atoms with Crippen LogP contribution >= 0.6 is 0 Å². The van der Waals surface area contributed by atoms with E-state index in [2.05, 4.69) is 37.5 Å². The van der Waals surface area contributed by atoms with Crippen molar-refractivity contribution in [3.05, 3.63) is 64.5 Å². The molecule has 0 aliphatic rings. The van der Waals surface area contributed by atoms with Gasteiger partial charge in [0.25, 0.3) is 0 Å². The predicted octanol–water partition coefficient (Wildman–Crippen LogP) is 3.20. The predicted molar refractivity (Wildman–Crippen MR) is 82.6 cm³/mol. The molecule has 0 saturated heterocycles. The fourth-order valence-electron chi connectivity index (χ4n) is 2.33. The topological polar surface area (TPSA) is 47.3 Å². The first kappa shape index (κ1) is 15.5.